The molecule has 162 valence electrons. The van der Waals surface area contributed by atoms with Crippen LogP contribution in [-0.2, 0) is 16.4 Å². The molecule has 1 N–H and O–H groups in total. The van der Waals surface area contributed by atoms with Crippen molar-refractivity contribution < 1.29 is 22.7 Å². The number of aryl methyl sites for hydroxylation is 1. The number of anilines is 1. The molecule has 0 spiro atoms. The van der Waals surface area contributed by atoms with Crippen molar-refractivity contribution in [3.05, 3.63) is 53.1 Å². The number of rotatable bonds is 7. The van der Waals surface area contributed by atoms with Crippen LogP contribution in [0.1, 0.15) is 47.3 Å². The SMILES string of the molecule is CCN(c1cc(OC)c(OC)cc1C(=O)NC1CCCc2ccccc21)S(C)(=O)=O. The van der Waals surface area contributed by atoms with E-state index in [9.17, 15) is 13.2 Å². The van der Waals surface area contributed by atoms with Gasteiger partial charge < -0.3 is 14.8 Å². The Kier molecular flexibility index (Phi) is 6.55. The second-order valence-electron chi connectivity index (χ2n) is 7.27. The Morgan fingerprint density at radius 1 is 1.17 bits per heavy atom. The number of ether oxygens (including phenoxy) is 2. The van der Waals surface area contributed by atoms with Crippen LogP contribution in [0.15, 0.2) is 36.4 Å². The lowest BCUT2D eigenvalue weighted by Crippen LogP contribution is -2.35. The summed E-state index contributed by atoms with van der Waals surface area (Å²) in [4.78, 5) is 13.3. The highest BCUT2D eigenvalue weighted by Gasteiger charge is 2.28. The van der Waals surface area contributed by atoms with Gasteiger partial charge in [-0.1, -0.05) is 24.3 Å². The van der Waals surface area contributed by atoms with Gasteiger partial charge >= 0.3 is 0 Å². The van der Waals surface area contributed by atoms with E-state index in [0.717, 1.165) is 31.1 Å². The molecule has 2 aromatic carbocycles. The van der Waals surface area contributed by atoms with Crippen molar-refractivity contribution in [2.45, 2.75) is 32.2 Å². The summed E-state index contributed by atoms with van der Waals surface area (Å²) in [7, 11) is -0.647. The zero-order valence-electron chi connectivity index (χ0n) is 17.8. The summed E-state index contributed by atoms with van der Waals surface area (Å²) in [5.41, 5.74) is 2.82. The third-order valence-corrected chi connectivity index (χ3v) is 6.63. The summed E-state index contributed by atoms with van der Waals surface area (Å²) in [6.45, 7) is 1.90. The van der Waals surface area contributed by atoms with E-state index in [1.165, 1.54) is 36.2 Å². The van der Waals surface area contributed by atoms with E-state index >= 15 is 0 Å². The fraction of sp³-hybridized carbons (Fsp3) is 0.409. The molecule has 0 aliphatic heterocycles. The number of amides is 1. The predicted molar refractivity (Wildman–Crippen MR) is 117 cm³/mol. The van der Waals surface area contributed by atoms with Crippen LogP contribution in [0, 0.1) is 0 Å². The number of hydrogen-bond donors (Lipinski definition) is 1. The molecule has 1 unspecified atom stereocenters. The van der Waals surface area contributed by atoms with Crippen LogP contribution in [0.25, 0.3) is 0 Å². The molecular formula is C22H28N2O5S. The molecule has 1 aliphatic rings. The lowest BCUT2D eigenvalue weighted by molar-refractivity contribution is 0.0933. The van der Waals surface area contributed by atoms with E-state index in [1.54, 1.807) is 6.92 Å². The van der Waals surface area contributed by atoms with Crippen molar-refractivity contribution >= 4 is 21.6 Å². The summed E-state index contributed by atoms with van der Waals surface area (Å²) in [5, 5.41) is 3.09. The summed E-state index contributed by atoms with van der Waals surface area (Å²) in [6.07, 6.45) is 3.91. The van der Waals surface area contributed by atoms with Crippen LogP contribution < -0.4 is 19.1 Å². The van der Waals surface area contributed by atoms with Crippen molar-refractivity contribution in [3.63, 3.8) is 0 Å². The van der Waals surface area contributed by atoms with E-state index in [-0.39, 0.29) is 29.7 Å². The molecule has 0 heterocycles. The molecular weight excluding hydrogens is 404 g/mol. The predicted octanol–water partition coefficient (Wildman–Crippen LogP) is 3.30. The number of hydrogen-bond acceptors (Lipinski definition) is 5. The van der Waals surface area contributed by atoms with Gasteiger partial charge in [0.05, 0.1) is 37.8 Å². The van der Waals surface area contributed by atoms with E-state index in [1.807, 2.05) is 18.2 Å². The minimum atomic E-state index is -3.59. The quantitative estimate of drug-likeness (QED) is 0.726. The van der Waals surface area contributed by atoms with Crippen molar-refractivity contribution in [1.82, 2.24) is 5.32 Å². The standard InChI is InChI=1S/C22H28N2O5S/c1-5-24(30(4,26)27)19-14-21(29-3)20(28-2)13-17(19)22(25)23-18-12-8-10-15-9-6-7-11-16(15)18/h6-7,9,11,13-14,18H,5,8,10,12H2,1-4H3,(H,23,25). The molecule has 1 atom stereocenters. The fourth-order valence-corrected chi connectivity index (χ4v) is 4.96. The summed E-state index contributed by atoms with van der Waals surface area (Å²) in [5.74, 6) is 0.365. The smallest absolute Gasteiger partial charge is 0.254 e. The van der Waals surface area contributed by atoms with Crippen molar-refractivity contribution in [3.8, 4) is 11.5 Å². The highest BCUT2D eigenvalue weighted by atomic mass is 32.2. The third-order valence-electron chi connectivity index (χ3n) is 5.38. The maximum Gasteiger partial charge on any atom is 0.254 e. The normalized spacial score (nSPS) is 15.8. The first-order chi connectivity index (χ1) is 14.3. The Bertz CT molecular complexity index is 1040. The molecule has 0 radical (unpaired) electrons. The van der Waals surface area contributed by atoms with E-state index in [4.69, 9.17) is 9.47 Å². The number of carbonyl (C=O) groups excluding carboxylic acids is 1. The van der Waals surface area contributed by atoms with Crippen LogP contribution >= 0.6 is 0 Å². The molecule has 2 aromatic rings. The minimum Gasteiger partial charge on any atom is -0.493 e. The summed E-state index contributed by atoms with van der Waals surface area (Å²) in [6, 6.07) is 11.0. The number of nitrogens with zero attached hydrogens (tertiary/aromatic N) is 1. The average molecular weight is 433 g/mol. The summed E-state index contributed by atoms with van der Waals surface area (Å²) < 4.78 is 36.6. The van der Waals surface area contributed by atoms with Crippen molar-refractivity contribution in [2.24, 2.45) is 0 Å². The van der Waals surface area contributed by atoms with Gasteiger partial charge in [-0.25, -0.2) is 8.42 Å². The van der Waals surface area contributed by atoms with Gasteiger partial charge in [-0.05, 0) is 43.4 Å². The Hall–Kier alpha value is -2.74. The monoisotopic (exact) mass is 432 g/mol. The van der Waals surface area contributed by atoms with E-state index < -0.39 is 10.0 Å². The number of benzene rings is 2. The van der Waals surface area contributed by atoms with E-state index in [0.29, 0.717) is 11.5 Å². The fourth-order valence-electron chi connectivity index (χ4n) is 3.98. The Labute approximate surface area is 178 Å². The van der Waals surface area contributed by atoms with Gasteiger partial charge in [0.25, 0.3) is 5.91 Å². The Balaban J connectivity index is 2.04. The van der Waals surface area contributed by atoms with Gasteiger partial charge in [0.2, 0.25) is 10.0 Å². The highest BCUT2D eigenvalue weighted by Crippen LogP contribution is 2.37. The number of carbonyl (C=O) groups is 1. The lowest BCUT2D eigenvalue weighted by atomic mass is 9.87. The molecule has 0 saturated heterocycles. The van der Waals surface area contributed by atoms with Crippen LogP contribution in [-0.4, -0.2) is 41.3 Å². The van der Waals surface area contributed by atoms with Gasteiger partial charge in [-0.15, -0.1) is 0 Å². The minimum absolute atomic E-state index is 0.128. The van der Waals surface area contributed by atoms with Gasteiger partial charge in [0.15, 0.2) is 11.5 Å². The third kappa shape index (κ3) is 4.38. The van der Waals surface area contributed by atoms with Gasteiger partial charge in [0, 0.05) is 12.6 Å². The van der Waals surface area contributed by atoms with Crippen molar-refractivity contribution in [2.75, 3.05) is 31.3 Å². The Morgan fingerprint density at radius 2 is 1.83 bits per heavy atom. The first-order valence-corrected chi connectivity index (χ1v) is 11.8. The molecule has 1 aliphatic carbocycles. The van der Waals surface area contributed by atoms with Gasteiger partial charge in [0.1, 0.15) is 0 Å². The molecule has 3 rings (SSSR count). The first kappa shape index (κ1) is 22.0. The van der Waals surface area contributed by atoms with Crippen LogP contribution in [0.5, 0.6) is 11.5 Å². The average Bonchev–Trinajstić information content (AvgIpc) is 2.73. The molecule has 0 fully saturated rings. The van der Waals surface area contributed by atoms with E-state index in [2.05, 4.69) is 11.4 Å². The highest BCUT2D eigenvalue weighted by molar-refractivity contribution is 7.92. The second-order valence-corrected chi connectivity index (χ2v) is 9.18. The zero-order chi connectivity index (χ0) is 21.9. The molecule has 0 saturated carbocycles. The first-order valence-electron chi connectivity index (χ1n) is 9.92. The maximum atomic E-state index is 13.3. The molecule has 8 heteroatoms. The number of sulfonamides is 1. The number of methoxy groups -OCH3 is 2. The maximum absolute atomic E-state index is 13.3. The molecule has 0 bridgehead atoms. The molecule has 7 nitrogen and oxygen atoms in total. The lowest BCUT2D eigenvalue weighted by Gasteiger charge is -2.28. The number of nitrogens with one attached hydrogen (secondary N) is 1. The van der Waals surface area contributed by atoms with Crippen LogP contribution in [0.3, 0.4) is 0 Å². The van der Waals surface area contributed by atoms with Crippen molar-refractivity contribution in [1.29, 1.82) is 0 Å². The Morgan fingerprint density at radius 3 is 2.47 bits per heavy atom. The zero-order valence-corrected chi connectivity index (χ0v) is 18.6. The second kappa shape index (κ2) is 8.95. The van der Waals surface area contributed by atoms with Gasteiger partial charge in [-0.2, -0.15) is 0 Å². The van der Waals surface area contributed by atoms with Gasteiger partial charge in [-0.3, -0.25) is 9.10 Å². The number of fused-ring (bicyclic) bond motifs is 1. The van der Waals surface area contributed by atoms with Crippen LogP contribution in [0.2, 0.25) is 0 Å². The largest absolute Gasteiger partial charge is 0.493 e. The van der Waals surface area contributed by atoms with Crippen LogP contribution in [0.4, 0.5) is 5.69 Å². The molecule has 1 amide bonds. The molecule has 30 heavy (non-hydrogen) atoms. The molecule has 0 aromatic heterocycles. The topological polar surface area (TPSA) is 84.9 Å². The summed E-state index contributed by atoms with van der Waals surface area (Å²) >= 11 is 0.